The summed E-state index contributed by atoms with van der Waals surface area (Å²) in [6, 6.07) is 10.4. The number of nitrogens with zero attached hydrogens (tertiary/aromatic N) is 1. The van der Waals surface area contributed by atoms with Gasteiger partial charge in [0.2, 0.25) is 0 Å². The van der Waals surface area contributed by atoms with E-state index < -0.39 is 15.8 Å². The van der Waals surface area contributed by atoms with E-state index in [-0.39, 0.29) is 10.8 Å². The Balaban J connectivity index is 2.48. The van der Waals surface area contributed by atoms with Crippen molar-refractivity contribution in [1.82, 2.24) is 0 Å². The zero-order valence-electron chi connectivity index (χ0n) is 11.7. The van der Waals surface area contributed by atoms with Crippen molar-refractivity contribution in [3.63, 3.8) is 0 Å². The van der Waals surface area contributed by atoms with Crippen LogP contribution in [0.15, 0.2) is 47.4 Å². The standard InChI is InChI=1S/C15H15ClFNO2S/c1-11-3-4-12(10-16)9-15(11)21(19,20)18(2)14-7-5-13(17)6-8-14/h3-9H,10H2,1-2H3. The Morgan fingerprint density at radius 1 is 1.14 bits per heavy atom. The van der Waals surface area contributed by atoms with Crippen LogP contribution in [0.25, 0.3) is 0 Å². The molecule has 0 aliphatic rings. The van der Waals surface area contributed by atoms with Gasteiger partial charge in [0, 0.05) is 12.9 Å². The van der Waals surface area contributed by atoms with Gasteiger partial charge in [-0.05, 0) is 48.4 Å². The largest absolute Gasteiger partial charge is 0.269 e. The third-order valence-electron chi connectivity index (χ3n) is 3.24. The summed E-state index contributed by atoms with van der Waals surface area (Å²) in [6.07, 6.45) is 0. The van der Waals surface area contributed by atoms with Gasteiger partial charge >= 0.3 is 0 Å². The van der Waals surface area contributed by atoms with Gasteiger partial charge in [-0.2, -0.15) is 0 Å². The Morgan fingerprint density at radius 2 is 1.76 bits per heavy atom. The minimum absolute atomic E-state index is 0.201. The first-order valence-corrected chi connectivity index (χ1v) is 8.23. The average molecular weight is 328 g/mol. The molecule has 0 aromatic heterocycles. The van der Waals surface area contributed by atoms with Gasteiger partial charge in [0.15, 0.2) is 0 Å². The molecule has 0 atom stereocenters. The second kappa shape index (κ2) is 6.03. The summed E-state index contributed by atoms with van der Waals surface area (Å²) < 4.78 is 39.5. The highest BCUT2D eigenvalue weighted by molar-refractivity contribution is 7.92. The van der Waals surface area contributed by atoms with Crippen LogP contribution in [0, 0.1) is 12.7 Å². The van der Waals surface area contributed by atoms with Gasteiger partial charge in [0.1, 0.15) is 5.82 Å². The van der Waals surface area contributed by atoms with E-state index in [0.29, 0.717) is 11.3 Å². The molecule has 0 saturated heterocycles. The van der Waals surface area contributed by atoms with Crippen molar-refractivity contribution in [3.8, 4) is 0 Å². The molecule has 0 N–H and O–H groups in total. The second-order valence-electron chi connectivity index (χ2n) is 4.68. The fourth-order valence-corrected chi connectivity index (χ4v) is 3.58. The van der Waals surface area contributed by atoms with E-state index in [4.69, 9.17) is 11.6 Å². The smallest absolute Gasteiger partial charge is 0.264 e. The third-order valence-corrected chi connectivity index (χ3v) is 5.47. The van der Waals surface area contributed by atoms with Crippen molar-refractivity contribution in [2.45, 2.75) is 17.7 Å². The van der Waals surface area contributed by atoms with E-state index >= 15 is 0 Å². The average Bonchev–Trinajstić information content (AvgIpc) is 2.47. The lowest BCUT2D eigenvalue weighted by molar-refractivity contribution is 0.593. The number of alkyl halides is 1. The number of rotatable bonds is 4. The van der Waals surface area contributed by atoms with Crippen molar-refractivity contribution in [1.29, 1.82) is 0 Å². The monoisotopic (exact) mass is 327 g/mol. The van der Waals surface area contributed by atoms with Crippen LogP contribution in [-0.2, 0) is 15.9 Å². The lowest BCUT2D eigenvalue weighted by atomic mass is 10.2. The van der Waals surface area contributed by atoms with Gasteiger partial charge in [0.25, 0.3) is 10.0 Å². The van der Waals surface area contributed by atoms with E-state index in [1.54, 1.807) is 25.1 Å². The molecule has 0 bridgehead atoms. The Bertz CT molecular complexity index is 745. The molecule has 2 aromatic carbocycles. The summed E-state index contributed by atoms with van der Waals surface area (Å²) in [6.45, 7) is 1.73. The number of hydrogen-bond acceptors (Lipinski definition) is 2. The molecule has 21 heavy (non-hydrogen) atoms. The zero-order valence-corrected chi connectivity index (χ0v) is 13.2. The van der Waals surface area contributed by atoms with Crippen LogP contribution in [0.2, 0.25) is 0 Å². The molecule has 0 spiro atoms. The Hall–Kier alpha value is -1.59. The van der Waals surface area contributed by atoms with Crippen LogP contribution in [-0.4, -0.2) is 15.5 Å². The van der Waals surface area contributed by atoms with Crippen LogP contribution in [0.5, 0.6) is 0 Å². The van der Waals surface area contributed by atoms with Crippen LogP contribution in [0.3, 0.4) is 0 Å². The van der Waals surface area contributed by atoms with E-state index in [0.717, 1.165) is 9.87 Å². The van der Waals surface area contributed by atoms with Gasteiger partial charge < -0.3 is 0 Å². The number of benzene rings is 2. The molecule has 0 aliphatic carbocycles. The minimum Gasteiger partial charge on any atom is -0.269 e. The molecule has 0 amide bonds. The second-order valence-corrected chi connectivity index (χ2v) is 6.89. The first kappa shape index (κ1) is 15.8. The molecule has 0 saturated carbocycles. The molecule has 6 heteroatoms. The van der Waals surface area contributed by atoms with Gasteiger partial charge in [0.05, 0.1) is 10.6 Å². The molecule has 0 radical (unpaired) electrons. The van der Waals surface area contributed by atoms with Crippen molar-refractivity contribution in [2.24, 2.45) is 0 Å². The quantitative estimate of drug-likeness (QED) is 0.803. The van der Waals surface area contributed by atoms with Gasteiger partial charge in [-0.1, -0.05) is 12.1 Å². The lowest BCUT2D eigenvalue weighted by Crippen LogP contribution is -2.27. The van der Waals surface area contributed by atoms with E-state index in [9.17, 15) is 12.8 Å². The Labute approximate surface area is 129 Å². The molecule has 2 rings (SSSR count). The van der Waals surface area contributed by atoms with Crippen LogP contribution < -0.4 is 4.31 Å². The molecular weight excluding hydrogens is 313 g/mol. The first-order chi connectivity index (χ1) is 9.86. The third kappa shape index (κ3) is 3.19. The van der Waals surface area contributed by atoms with Crippen molar-refractivity contribution in [2.75, 3.05) is 11.4 Å². The summed E-state index contributed by atoms with van der Waals surface area (Å²) in [7, 11) is -2.28. The van der Waals surface area contributed by atoms with E-state index in [1.807, 2.05) is 0 Å². The van der Waals surface area contributed by atoms with Crippen molar-refractivity contribution >= 4 is 27.3 Å². The molecular formula is C15H15ClFNO2S. The van der Waals surface area contributed by atoms with Crippen LogP contribution in [0.1, 0.15) is 11.1 Å². The summed E-state index contributed by atoms with van der Waals surface area (Å²) in [5.74, 6) is -0.173. The molecule has 0 unspecified atom stereocenters. The number of halogens is 2. The van der Waals surface area contributed by atoms with Crippen molar-refractivity contribution in [3.05, 3.63) is 59.4 Å². The van der Waals surface area contributed by atoms with Gasteiger partial charge in [-0.25, -0.2) is 12.8 Å². The number of sulfonamides is 1. The SMILES string of the molecule is Cc1ccc(CCl)cc1S(=O)(=O)N(C)c1ccc(F)cc1. The first-order valence-electron chi connectivity index (χ1n) is 6.26. The Kier molecular flexibility index (Phi) is 4.54. The predicted octanol–water partition coefficient (Wildman–Crippen LogP) is 3.70. The number of hydrogen-bond donors (Lipinski definition) is 0. The summed E-state index contributed by atoms with van der Waals surface area (Å²) >= 11 is 5.77. The fraction of sp³-hybridized carbons (Fsp3) is 0.200. The zero-order chi connectivity index (χ0) is 15.6. The lowest BCUT2D eigenvalue weighted by Gasteiger charge is -2.21. The number of aryl methyl sites for hydroxylation is 1. The normalized spacial score (nSPS) is 11.4. The minimum atomic E-state index is -3.72. The summed E-state index contributed by atoms with van der Waals surface area (Å²) in [4.78, 5) is 0.201. The molecule has 0 fully saturated rings. The molecule has 0 aliphatic heterocycles. The number of anilines is 1. The molecule has 0 heterocycles. The summed E-state index contributed by atoms with van der Waals surface area (Å²) in [5, 5.41) is 0. The maximum atomic E-state index is 12.9. The molecule has 3 nitrogen and oxygen atoms in total. The highest BCUT2D eigenvalue weighted by Gasteiger charge is 2.23. The van der Waals surface area contributed by atoms with Crippen LogP contribution >= 0.6 is 11.6 Å². The topological polar surface area (TPSA) is 37.4 Å². The van der Waals surface area contributed by atoms with E-state index in [1.165, 1.54) is 31.3 Å². The maximum absolute atomic E-state index is 12.9. The van der Waals surface area contributed by atoms with E-state index in [2.05, 4.69) is 0 Å². The predicted molar refractivity (Wildman–Crippen MR) is 82.7 cm³/mol. The summed E-state index contributed by atoms with van der Waals surface area (Å²) in [5.41, 5.74) is 1.76. The van der Waals surface area contributed by atoms with Gasteiger partial charge in [-0.15, -0.1) is 11.6 Å². The van der Waals surface area contributed by atoms with Crippen LogP contribution in [0.4, 0.5) is 10.1 Å². The van der Waals surface area contributed by atoms with Crippen molar-refractivity contribution < 1.29 is 12.8 Å². The maximum Gasteiger partial charge on any atom is 0.264 e. The Morgan fingerprint density at radius 3 is 2.33 bits per heavy atom. The fourth-order valence-electron chi connectivity index (χ4n) is 1.94. The highest BCUT2D eigenvalue weighted by Crippen LogP contribution is 2.25. The van der Waals surface area contributed by atoms with Gasteiger partial charge in [-0.3, -0.25) is 4.31 Å². The highest BCUT2D eigenvalue weighted by atomic mass is 35.5. The molecule has 112 valence electrons. The molecule has 2 aromatic rings.